The minimum Gasteiger partial charge on any atom is -0.447 e. The number of rotatable bonds is 4. The lowest BCUT2D eigenvalue weighted by Crippen LogP contribution is -2.41. The van der Waals surface area contributed by atoms with Crippen LogP contribution in [0.15, 0.2) is 0 Å². The van der Waals surface area contributed by atoms with Crippen LogP contribution < -0.4 is 11.1 Å². The summed E-state index contributed by atoms with van der Waals surface area (Å²) >= 11 is 0. The molecule has 1 unspecified atom stereocenters. The zero-order valence-corrected chi connectivity index (χ0v) is 8.83. The van der Waals surface area contributed by atoms with Crippen LogP contribution in [-0.4, -0.2) is 24.8 Å². The van der Waals surface area contributed by atoms with Gasteiger partial charge in [0.1, 0.15) is 0 Å². The Kier molecular flexibility index (Phi) is 5.46. The molecule has 0 aliphatic carbocycles. The lowest BCUT2D eigenvalue weighted by atomic mass is 10.1. The number of ether oxygens (including phenoxy) is 1. The highest BCUT2D eigenvalue weighted by molar-refractivity contribution is 5.67. The fourth-order valence-electron chi connectivity index (χ4n) is 0.693. The molecule has 4 heteroatoms. The molecule has 1 amide bonds. The van der Waals surface area contributed by atoms with E-state index in [-0.39, 0.29) is 12.1 Å². The van der Waals surface area contributed by atoms with Crippen molar-refractivity contribution >= 4 is 6.09 Å². The van der Waals surface area contributed by atoms with Crippen LogP contribution >= 0.6 is 0 Å². The van der Waals surface area contributed by atoms with Gasteiger partial charge in [0.05, 0.1) is 6.10 Å². The molecule has 0 heterocycles. The highest BCUT2D eigenvalue weighted by Gasteiger charge is 2.10. The molecule has 1 atom stereocenters. The molecule has 0 aliphatic heterocycles. The minimum absolute atomic E-state index is 0.0142. The van der Waals surface area contributed by atoms with Gasteiger partial charge in [0.15, 0.2) is 0 Å². The summed E-state index contributed by atoms with van der Waals surface area (Å²) in [4.78, 5) is 11.0. The maximum absolute atomic E-state index is 11.0. The topological polar surface area (TPSA) is 64.3 Å². The molecule has 0 aliphatic rings. The number of nitrogens with one attached hydrogen (secondary N) is 1. The zero-order chi connectivity index (χ0) is 10.4. The molecule has 0 spiro atoms. The third kappa shape index (κ3) is 6.40. The van der Waals surface area contributed by atoms with Gasteiger partial charge < -0.3 is 15.8 Å². The molecule has 13 heavy (non-hydrogen) atoms. The summed E-state index contributed by atoms with van der Waals surface area (Å²) in [5.41, 5.74) is 5.73. The smallest absolute Gasteiger partial charge is 0.407 e. The first-order valence-electron chi connectivity index (χ1n) is 4.63. The first kappa shape index (κ1) is 12.2. The molecule has 3 N–H and O–H groups in total. The zero-order valence-electron chi connectivity index (χ0n) is 8.83. The summed E-state index contributed by atoms with van der Waals surface area (Å²) in [7, 11) is 0. The second-order valence-electron chi connectivity index (χ2n) is 3.74. The molecule has 0 aromatic heterocycles. The monoisotopic (exact) mass is 188 g/mol. The highest BCUT2D eigenvalue weighted by Crippen LogP contribution is 1.96. The Labute approximate surface area is 79.8 Å². The first-order valence-corrected chi connectivity index (χ1v) is 4.63. The third-order valence-corrected chi connectivity index (χ3v) is 1.68. The summed E-state index contributed by atoms with van der Waals surface area (Å²) in [5.74, 6) is 0.361. The van der Waals surface area contributed by atoms with Crippen LogP contribution in [0, 0.1) is 5.92 Å². The molecule has 0 aromatic carbocycles. The Hall–Kier alpha value is -0.770. The van der Waals surface area contributed by atoms with Crippen molar-refractivity contribution in [2.45, 2.75) is 39.8 Å². The summed E-state index contributed by atoms with van der Waals surface area (Å²) in [6.07, 6.45) is -0.485. The average molecular weight is 188 g/mol. The van der Waals surface area contributed by atoms with Gasteiger partial charge in [-0.05, 0) is 19.8 Å². The van der Waals surface area contributed by atoms with Crippen molar-refractivity contribution in [1.82, 2.24) is 5.32 Å². The molecule has 0 radical (unpaired) electrons. The fourth-order valence-corrected chi connectivity index (χ4v) is 0.693. The van der Waals surface area contributed by atoms with Crippen LogP contribution in [0.25, 0.3) is 0 Å². The van der Waals surface area contributed by atoms with Gasteiger partial charge in [-0.25, -0.2) is 4.79 Å². The summed E-state index contributed by atoms with van der Waals surface area (Å²) in [6, 6.07) is -0.0142. The maximum Gasteiger partial charge on any atom is 0.407 e. The largest absolute Gasteiger partial charge is 0.447 e. The van der Waals surface area contributed by atoms with Crippen LogP contribution in [0.4, 0.5) is 4.79 Å². The summed E-state index contributed by atoms with van der Waals surface area (Å²) < 4.78 is 4.87. The summed E-state index contributed by atoms with van der Waals surface area (Å²) in [5, 5.41) is 2.61. The first-order chi connectivity index (χ1) is 5.93. The molecule has 0 fully saturated rings. The van der Waals surface area contributed by atoms with E-state index in [9.17, 15) is 4.79 Å². The maximum atomic E-state index is 11.0. The molecule has 0 saturated carbocycles. The van der Waals surface area contributed by atoms with Gasteiger partial charge in [0, 0.05) is 12.6 Å². The second kappa shape index (κ2) is 5.80. The van der Waals surface area contributed by atoms with Gasteiger partial charge in [-0.3, -0.25) is 0 Å². The Bertz CT molecular complexity index is 158. The normalized spacial score (nSPS) is 13.2. The number of hydrogen-bond acceptors (Lipinski definition) is 3. The third-order valence-electron chi connectivity index (χ3n) is 1.68. The number of carbonyl (C=O) groups excluding carboxylic acids is 1. The lowest BCUT2D eigenvalue weighted by Gasteiger charge is -2.16. The predicted molar refractivity (Wildman–Crippen MR) is 52.4 cm³/mol. The van der Waals surface area contributed by atoms with E-state index in [0.29, 0.717) is 12.5 Å². The molecule has 4 nitrogen and oxygen atoms in total. The Morgan fingerprint density at radius 1 is 1.38 bits per heavy atom. The lowest BCUT2D eigenvalue weighted by molar-refractivity contribution is 0.114. The standard InChI is InChI=1S/C9H20N2O2/c1-6(2)8(10)5-11-9(12)13-7(3)4/h6-8H,5,10H2,1-4H3,(H,11,12). The molecular formula is C9H20N2O2. The quantitative estimate of drug-likeness (QED) is 0.694. The predicted octanol–water partition coefficient (Wildman–Crippen LogP) is 1.10. The Morgan fingerprint density at radius 3 is 2.31 bits per heavy atom. The van der Waals surface area contributed by atoms with Crippen molar-refractivity contribution < 1.29 is 9.53 Å². The van der Waals surface area contributed by atoms with Crippen LogP contribution in [0.1, 0.15) is 27.7 Å². The van der Waals surface area contributed by atoms with Gasteiger partial charge in [0.25, 0.3) is 0 Å². The van der Waals surface area contributed by atoms with Crippen molar-refractivity contribution in [1.29, 1.82) is 0 Å². The molecule has 0 bridgehead atoms. The van der Waals surface area contributed by atoms with Gasteiger partial charge >= 0.3 is 6.09 Å². The van der Waals surface area contributed by atoms with Crippen LogP contribution in [0.3, 0.4) is 0 Å². The molecular weight excluding hydrogens is 168 g/mol. The molecule has 78 valence electrons. The number of amides is 1. The number of carbonyl (C=O) groups is 1. The Balaban J connectivity index is 3.58. The molecule has 0 rings (SSSR count). The van der Waals surface area contributed by atoms with E-state index in [2.05, 4.69) is 5.32 Å². The van der Waals surface area contributed by atoms with E-state index in [1.54, 1.807) is 0 Å². The highest BCUT2D eigenvalue weighted by atomic mass is 16.6. The van der Waals surface area contributed by atoms with E-state index in [4.69, 9.17) is 10.5 Å². The van der Waals surface area contributed by atoms with Gasteiger partial charge in [-0.15, -0.1) is 0 Å². The van der Waals surface area contributed by atoms with Gasteiger partial charge in [-0.1, -0.05) is 13.8 Å². The van der Waals surface area contributed by atoms with Crippen LogP contribution in [0.2, 0.25) is 0 Å². The number of nitrogens with two attached hydrogens (primary N) is 1. The van der Waals surface area contributed by atoms with E-state index in [0.717, 1.165) is 0 Å². The van der Waals surface area contributed by atoms with Crippen molar-refractivity contribution in [3.05, 3.63) is 0 Å². The van der Waals surface area contributed by atoms with E-state index in [1.807, 2.05) is 27.7 Å². The minimum atomic E-state index is -0.397. The van der Waals surface area contributed by atoms with Crippen molar-refractivity contribution in [3.63, 3.8) is 0 Å². The van der Waals surface area contributed by atoms with Crippen molar-refractivity contribution in [2.75, 3.05) is 6.54 Å². The SMILES string of the molecule is CC(C)OC(=O)NCC(N)C(C)C. The average Bonchev–Trinajstić information content (AvgIpc) is 1.98. The number of hydrogen-bond donors (Lipinski definition) is 2. The fraction of sp³-hybridized carbons (Fsp3) is 0.889. The van der Waals surface area contributed by atoms with Crippen LogP contribution in [0.5, 0.6) is 0 Å². The van der Waals surface area contributed by atoms with Crippen LogP contribution in [-0.2, 0) is 4.74 Å². The molecule has 0 aromatic rings. The van der Waals surface area contributed by atoms with Gasteiger partial charge in [0.2, 0.25) is 0 Å². The van der Waals surface area contributed by atoms with E-state index < -0.39 is 6.09 Å². The van der Waals surface area contributed by atoms with Crippen molar-refractivity contribution in [2.24, 2.45) is 11.7 Å². The van der Waals surface area contributed by atoms with Crippen molar-refractivity contribution in [3.8, 4) is 0 Å². The molecule has 0 saturated heterocycles. The summed E-state index contributed by atoms with van der Waals surface area (Å²) in [6.45, 7) is 8.10. The van der Waals surface area contributed by atoms with Gasteiger partial charge in [-0.2, -0.15) is 0 Å². The second-order valence-corrected chi connectivity index (χ2v) is 3.74. The Morgan fingerprint density at radius 2 is 1.92 bits per heavy atom. The van der Waals surface area contributed by atoms with E-state index >= 15 is 0 Å². The number of alkyl carbamates (subject to hydrolysis) is 1. The van der Waals surface area contributed by atoms with E-state index in [1.165, 1.54) is 0 Å².